The van der Waals surface area contributed by atoms with Gasteiger partial charge in [0.05, 0.1) is 0 Å². The molecule has 1 unspecified atom stereocenters. The molecule has 0 saturated carbocycles. The van der Waals surface area contributed by atoms with Crippen molar-refractivity contribution in [2.75, 3.05) is 52.4 Å². The van der Waals surface area contributed by atoms with Crippen molar-refractivity contribution in [2.24, 2.45) is 0 Å². The Labute approximate surface area is 169 Å². The summed E-state index contributed by atoms with van der Waals surface area (Å²) in [5, 5.41) is 2.97. The first kappa shape index (κ1) is 22.7. The first-order valence-corrected chi connectivity index (χ1v) is 10.3. The number of piperazine rings is 1. The number of hydrogen-bond donors (Lipinski definition) is 1. The van der Waals surface area contributed by atoms with Crippen LogP contribution in [-0.2, 0) is 9.47 Å². The van der Waals surface area contributed by atoms with Gasteiger partial charge in [-0.1, -0.05) is 0 Å². The molecular formula is C20H38N4O4. The number of carbonyl (C=O) groups excluding carboxylic acids is 2. The molecule has 0 bridgehead atoms. The van der Waals surface area contributed by atoms with Crippen LogP contribution in [0.3, 0.4) is 0 Å². The Morgan fingerprint density at radius 2 is 1.43 bits per heavy atom. The summed E-state index contributed by atoms with van der Waals surface area (Å²) in [7, 11) is 0. The number of rotatable bonds is 4. The quantitative estimate of drug-likeness (QED) is 0.782. The van der Waals surface area contributed by atoms with E-state index in [4.69, 9.17) is 9.47 Å². The largest absolute Gasteiger partial charge is 0.444 e. The molecule has 0 aromatic rings. The number of ether oxygens (including phenoxy) is 2. The van der Waals surface area contributed by atoms with Gasteiger partial charge >= 0.3 is 12.2 Å². The maximum absolute atomic E-state index is 12.1. The predicted molar refractivity (Wildman–Crippen MR) is 108 cm³/mol. The van der Waals surface area contributed by atoms with Gasteiger partial charge in [-0.05, 0) is 48.0 Å². The van der Waals surface area contributed by atoms with Gasteiger partial charge < -0.3 is 19.7 Å². The summed E-state index contributed by atoms with van der Waals surface area (Å²) in [5.74, 6) is 0. The van der Waals surface area contributed by atoms with E-state index in [2.05, 4.69) is 15.1 Å². The van der Waals surface area contributed by atoms with Crippen molar-refractivity contribution in [1.29, 1.82) is 0 Å². The molecule has 0 aromatic carbocycles. The molecule has 2 aliphatic heterocycles. The number of amides is 2. The Kier molecular flexibility index (Phi) is 7.56. The van der Waals surface area contributed by atoms with Gasteiger partial charge in [-0.25, -0.2) is 9.59 Å². The van der Waals surface area contributed by atoms with Crippen LogP contribution in [0.25, 0.3) is 0 Å². The second-order valence-corrected chi connectivity index (χ2v) is 9.74. The first-order chi connectivity index (χ1) is 12.9. The molecule has 0 aromatic heterocycles. The monoisotopic (exact) mass is 398 g/mol. The van der Waals surface area contributed by atoms with Gasteiger partial charge in [0.2, 0.25) is 0 Å². The van der Waals surface area contributed by atoms with Crippen molar-refractivity contribution < 1.29 is 19.1 Å². The molecule has 0 aliphatic carbocycles. The molecule has 2 amide bonds. The van der Waals surface area contributed by atoms with Crippen molar-refractivity contribution >= 4 is 12.2 Å². The van der Waals surface area contributed by atoms with Gasteiger partial charge in [-0.3, -0.25) is 9.80 Å². The van der Waals surface area contributed by atoms with Crippen molar-refractivity contribution in [1.82, 2.24) is 20.0 Å². The lowest BCUT2D eigenvalue weighted by atomic mass is 10.2. The average molecular weight is 399 g/mol. The zero-order valence-electron chi connectivity index (χ0n) is 18.4. The first-order valence-electron chi connectivity index (χ1n) is 10.3. The Hall–Kier alpha value is -1.54. The van der Waals surface area contributed by atoms with E-state index in [1.165, 1.54) is 0 Å². The van der Waals surface area contributed by atoms with E-state index < -0.39 is 11.2 Å². The Balaban J connectivity index is 1.63. The van der Waals surface area contributed by atoms with Crippen LogP contribution in [0.2, 0.25) is 0 Å². The Bertz CT molecular complexity index is 531. The fraction of sp³-hybridized carbons (Fsp3) is 0.900. The fourth-order valence-corrected chi connectivity index (χ4v) is 3.39. The third-order valence-electron chi connectivity index (χ3n) is 4.75. The second kappa shape index (κ2) is 9.31. The highest BCUT2D eigenvalue weighted by Crippen LogP contribution is 2.14. The highest BCUT2D eigenvalue weighted by molar-refractivity contribution is 5.68. The molecule has 0 radical (unpaired) electrons. The fourth-order valence-electron chi connectivity index (χ4n) is 3.39. The van der Waals surface area contributed by atoms with Gasteiger partial charge in [-0.15, -0.1) is 0 Å². The number of likely N-dealkylation sites (tertiary alicyclic amines) is 1. The van der Waals surface area contributed by atoms with E-state index in [0.717, 1.165) is 45.7 Å². The third-order valence-corrected chi connectivity index (χ3v) is 4.75. The Morgan fingerprint density at radius 3 is 2.00 bits per heavy atom. The van der Waals surface area contributed by atoms with Crippen LogP contribution in [0.1, 0.15) is 48.0 Å². The highest BCUT2D eigenvalue weighted by Gasteiger charge is 2.28. The lowest BCUT2D eigenvalue weighted by molar-refractivity contribution is 0.0139. The molecule has 2 aliphatic rings. The zero-order chi connectivity index (χ0) is 20.9. The standard InChI is InChI=1S/C20H38N4O4/c1-19(2,3)27-17(25)21-16-7-8-23(15-16)10-9-22-11-13-24(14-12-22)18(26)28-20(4,5)6/h16H,7-15H2,1-6H3,(H,21,25). The minimum atomic E-state index is -0.468. The van der Waals surface area contributed by atoms with Crippen molar-refractivity contribution in [2.45, 2.75) is 65.2 Å². The highest BCUT2D eigenvalue weighted by atomic mass is 16.6. The normalized spacial score (nSPS) is 22.2. The smallest absolute Gasteiger partial charge is 0.410 e. The topological polar surface area (TPSA) is 74.4 Å². The number of alkyl carbamates (subject to hydrolysis) is 1. The molecule has 162 valence electrons. The number of nitrogens with zero attached hydrogens (tertiary/aromatic N) is 3. The van der Waals surface area contributed by atoms with Gasteiger partial charge in [0.1, 0.15) is 11.2 Å². The van der Waals surface area contributed by atoms with E-state index in [1.807, 2.05) is 41.5 Å². The van der Waals surface area contributed by atoms with Crippen molar-refractivity contribution in [3.05, 3.63) is 0 Å². The molecule has 1 atom stereocenters. The van der Waals surface area contributed by atoms with Crippen molar-refractivity contribution in [3.8, 4) is 0 Å². The van der Waals surface area contributed by atoms with Crippen LogP contribution in [0.5, 0.6) is 0 Å². The van der Waals surface area contributed by atoms with Gasteiger partial charge in [0.25, 0.3) is 0 Å². The predicted octanol–water partition coefficient (Wildman–Crippen LogP) is 2.14. The van der Waals surface area contributed by atoms with E-state index in [-0.39, 0.29) is 18.2 Å². The SMILES string of the molecule is CC(C)(C)OC(=O)NC1CCN(CCN2CCN(C(=O)OC(C)(C)C)CC2)C1. The molecule has 0 spiro atoms. The molecule has 2 saturated heterocycles. The second-order valence-electron chi connectivity index (χ2n) is 9.74. The number of carbonyl (C=O) groups is 2. The third kappa shape index (κ3) is 8.22. The summed E-state index contributed by atoms with van der Waals surface area (Å²) < 4.78 is 10.8. The minimum absolute atomic E-state index is 0.152. The average Bonchev–Trinajstić information content (AvgIpc) is 2.97. The maximum atomic E-state index is 12.1. The van der Waals surface area contributed by atoms with Crippen LogP contribution in [0.15, 0.2) is 0 Å². The number of hydrogen-bond acceptors (Lipinski definition) is 6. The molecule has 8 nitrogen and oxygen atoms in total. The summed E-state index contributed by atoms with van der Waals surface area (Å²) in [4.78, 5) is 30.6. The molecule has 2 heterocycles. The van der Waals surface area contributed by atoms with Gasteiger partial charge in [0, 0.05) is 58.4 Å². The van der Waals surface area contributed by atoms with Crippen LogP contribution >= 0.6 is 0 Å². The summed E-state index contributed by atoms with van der Waals surface area (Å²) >= 11 is 0. The van der Waals surface area contributed by atoms with Crippen molar-refractivity contribution in [3.63, 3.8) is 0 Å². The van der Waals surface area contributed by atoms with E-state index in [1.54, 1.807) is 4.90 Å². The van der Waals surface area contributed by atoms with E-state index in [0.29, 0.717) is 13.1 Å². The van der Waals surface area contributed by atoms with Crippen LogP contribution in [-0.4, -0.2) is 96.5 Å². The molecular weight excluding hydrogens is 360 g/mol. The summed E-state index contributed by atoms with van der Waals surface area (Å²) in [6.07, 6.45) is 0.395. The lowest BCUT2D eigenvalue weighted by Gasteiger charge is -2.36. The lowest BCUT2D eigenvalue weighted by Crippen LogP contribution is -2.51. The van der Waals surface area contributed by atoms with Crippen LogP contribution in [0, 0.1) is 0 Å². The van der Waals surface area contributed by atoms with E-state index in [9.17, 15) is 9.59 Å². The van der Waals surface area contributed by atoms with Crippen LogP contribution in [0.4, 0.5) is 9.59 Å². The number of nitrogens with one attached hydrogen (secondary N) is 1. The van der Waals surface area contributed by atoms with Crippen LogP contribution < -0.4 is 5.32 Å². The summed E-state index contributed by atoms with van der Waals surface area (Å²) in [6.45, 7) is 18.2. The molecule has 28 heavy (non-hydrogen) atoms. The summed E-state index contributed by atoms with van der Waals surface area (Å²) in [6, 6.07) is 0.152. The minimum Gasteiger partial charge on any atom is -0.444 e. The molecule has 2 rings (SSSR count). The zero-order valence-corrected chi connectivity index (χ0v) is 18.4. The van der Waals surface area contributed by atoms with E-state index >= 15 is 0 Å². The molecule has 2 fully saturated rings. The summed E-state index contributed by atoms with van der Waals surface area (Å²) in [5.41, 5.74) is -0.919. The van der Waals surface area contributed by atoms with Gasteiger partial charge in [-0.2, -0.15) is 0 Å². The maximum Gasteiger partial charge on any atom is 0.410 e. The molecule has 8 heteroatoms. The van der Waals surface area contributed by atoms with Gasteiger partial charge in [0.15, 0.2) is 0 Å². The Morgan fingerprint density at radius 1 is 0.857 bits per heavy atom. The molecule has 1 N–H and O–H groups in total.